The third kappa shape index (κ3) is 4.86. The topological polar surface area (TPSA) is 71.1 Å². The molecule has 5 nitrogen and oxygen atoms in total. The van der Waals surface area contributed by atoms with Gasteiger partial charge in [-0.2, -0.15) is 0 Å². The summed E-state index contributed by atoms with van der Waals surface area (Å²) in [4.78, 5) is 27.5. The van der Waals surface area contributed by atoms with Crippen molar-refractivity contribution >= 4 is 17.9 Å². The standard InChI is InChI=1S/C17H17N3O2/c1-13(21)20-16(11-14-5-3-2-4-6-14)17(22)19-12-15-7-9-18-10-8-15/h2-11H,12H2,1H3,(H,19,22)(H,20,21). The molecule has 2 N–H and O–H groups in total. The summed E-state index contributed by atoms with van der Waals surface area (Å²) in [6, 6.07) is 13.0. The lowest BCUT2D eigenvalue weighted by molar-refractivity contribution is -0.122. The van der Waals surface area contributed by atoms with Gasteiger partial charge < -0.3 is 10.6 Å². The molecule has 0 saturated carbocycles. The van der Waals surface area contributed by atoms with Crippen molar-refractivity contribution in [3.05, 3.63) is 71.7 Å². The number of nitrogens with zero attached hydrogens (tertiary/aromatic N) is 1. The first-order chi connectivity index (χ1) is 10.6. The number of nitrogens with one attached hydrogen (secondary N) is 2. The first-order valence-electron chi connectivity index (χ1n) is 6.86. The Morgan fingerprint density at radius 1 is 1.09 bits per heavy atom. The highest BCUT2D eigenvalue weighted by Crippen LogP contribution is 2.05. The van der Waals surface area contributed by atoms with Crippen LogP contribution in [0.5, 0.6) is 0 Å². The molecule has 0 atom stereocenters. The van der Waals surface area contributed by atoms with Gasteiger partial charge in [-0.25, -0.2) is 0 Å². The summed E-state index contributed by atoms with van der Waals surface area (Å²) in [5, 5.41) is 5.34. The first kappa shape index (κ1) is 15.4. The molecule has 1 heterocycles. The average Bonchev–Trinajstić information content (AvgIpc) is 2.53. The highest BCUT2D eigenvalue weighted by atomic mass is 16.2. The fourth-order valence-corrected chi connectivity index (χ4v) is 1.84. The molecule has 0 saturated heterocycles. The van der Waals surface area contributed by atoms with Gasteiger partial charge in [0.15, 0.2) is 0 Å². The van der Waals surface area contributed by atoms with E-state index in [2.05, 4.69) is 15.6 Å². The SMILES string of the molecule is CC(=O)NC(=Cc1ccccc1)C(=O)NCc1ccncc1. The number of pyridine rings is 1. The third-order valence-corrected chi connectivity index (χ3v) is 2.87. The monoisotopic (exact) mass is 295 g/mol. The normalized spacial score (nSPS) is 10.9. The molecule has 22 heavy (non-hydrogen) atoms. The van der Waals surface area contributed by atoms with E-state index in [1.807, 2.05) is 42.5 Å². The first-order valence-corrected chi connectivity index (χ1v) is 6.86. The van der Waals surface area contributed by atoms with Crippen LogP contribution in [0.4, 0.5) is 0 Å². The number of hydrogen-bond acceptors (Lipinski definition) is 3. The molecule has 2 aromatic rings. The minimum Gasteiger partial charge on any atom is -0.347 e. The molecule has 2 amide bonds. The van der Waals surface area contributed by atoms with Gasteiger partial charge in [0.05, 0.1) is 0 Å². The zero-order chi connectivity index (χ0) is 15.8. The third-order valence-electron chi connectivity index (χ3n) is 2.87. The quantitative estimate of drug-likeness (QED) is 0.827. The van der Waals surface area contributed by atoms with E-state index in [1.54, 1.807) is 18.5 Å². The van der Waals surface area contributed by atoms with E-state index in [4.69, 9.17) is 0 Å². The molecule has 112 valence electrons. The minimum atomic E-state index is -0.337. The summed E-state index contributed by atoms with van der Waals surface area (Å²) in [6.07, 6.45) is 4.97. The van der Waals surface area contributed by atoms with Gasteiger partial charge in [0.1, 0.15) is 5.70 Å². The van der Waals surface area contributed by atoms with Gasteiger partial charge in [-0.05, 0) is 29.3 Å². The molecule has 0 fully saturated rings. The molecule has 1 aromatic carbocycles. The van der Waals surface area contributed by atoms with Crippen molar-refractivity contribution in [1.29, 1.82) is 0 Å². The Bertz CT molecular complexity index is 667. The fraction of sp³-hybridized carbons (Fsp3) is 0.118. The van der Waals surface area contributed by atoms with Gasteiger partial charge in [0.2, 0.25) is 5.91 Å². The largest absolute Gasteiger partial charge is 0.347 e. The zero-order valence-corrected chi connectivity index (χ0v) is 12.2. The number of hydrogen-bond donors (Lipinski definition) is 2. The van der Waals surface area contributed by atoms with Crippen molar-refractivity contribution in [1.82, 2.24) is 15.6 Å². The summed E-state index contributed by atoms with van der Waals surface area (Å²) in [5.41, 5.74) is 1.99. The Morgan fingerprint density at radius 2 is 1.77 bits per heavy atom. The second-order valence-electron chi connectivity index (χ2n) is 4.69. The van der Waals surface area contributed by atoms with Gasteiger partial charge in [-0.15, -0.1) is 0 Å². The molecular weight excluding hydrogens is 278 g/mol. The van der Waals surface area contributed by atoms with Gasteiger partial charge in [0, 0.05) is 25.9 Å². The van der Waals surface area contributed by atoms with Crippen molar-refractivity contribution in [2.24, 2.45) is 0 Å². The van der Waals surface area contributed by atoms with E-state index >= 15 is 0 Å². The molecule has 0 radical (unpaired) electrons. The number of benzene rings is 1. The van der Waals surface area contributed by atoms with Crippen LogP contribution < -0.4 is 10.6 Å². The maximum Gasteiger partial charge on any atom is 0.268 e. The van der Waals surface area contributed by atoms with Crippen molar-refractivity contribution in [3.8, 4) is 0 Å². The minimum absolute atomic E-state index is 0.216. The van der Waals surface area contributed by atoms with Gasteiger partial charge >= 0.3 is 0 Å². The van der Waals surface area contributed by atoms with Crippen molar-refractivity contribution in [2.75, 3.05) is 0 Å². The van der Waals surface area contributed by atoms with Crippen LogP contribution in [0, 0.1) is 0 Å². The van der Waals surface area contributed by atoms with Crippen molar-refractivity contribution < 1.29 is 9.59 Å². The Hall–Kier alpha value is -2.95. The van der Waals surface area contributed by atoms with Crippen LogP contribution in [-0.2, 0) is 16.1 Å². The van der Waals surface area contributed by atoms with Crippen LogP contribution in [0.2, 0.25) is 0 Å². The van der Waals surface area contributed by atoms with Crippen molar-refractivity contribution in [2.45, 2.75) is 13.5 Å². The fourth-order valence-electron chi connectivity index (χ4n) is 1.84. The average molecular weight is 295 g/mol. The summed E-state index contributed by atoms with van der Waals surface area (Å²) in [5.74, 6) is -0.628. The molecule has 0 aliphatic heterocycles. The molecule has 1 aromatic heterocycles. The number of rotatable bonds is 5. The van der Waals surface area contributed by atoms with Gasteiger partial charge in [-0.3, -0.25) is 14.6 Å². The molecule has 0 bridgehead atoms. The Morgan fingerprint density at radius 3 is 2.41 bits per heavy atom. The number of carbonyl (C=O) groups excluding carboxylic acids is 2. The van der Waals surface area contributed by atoms with Crippen molar-refractivity contribution in [3.63, 3.8) is 0 Å². The number of amides is 2. The smallest absolute Gasteiger partial charge is 0.268 e. The number of carbonyl (C=O) groups is 2. The summed E-state index contributed by atoms with van der Waals surface area (Å²) >= 11 is 0. The van der Waals surface area contributed by atoms with Crippen LogP contribution in [0.15, 0.2) is 60.6 Å². The lowest BCUT2D eigenvalue weighted by Gasteiger charge is -2.09. The zero-order valence-electron chi connectivity index (χ0n) is 12.2. The van der Waals surface area contributed by atoms with Crippen LogP contribution >= 0.6 is 0 Å². The highest BCUT2D eigenvalue weighted by Gasteiger charge is 2.10. The highest BCUT2D eigenvalue weighted by molar-refractivity contribution is 6.00. The van der Waals surface area contributed by atoms with E-state index < -0.39 is 0 Å². The summed E-state index contributed by atoms with van der Waals surface area (Å²) < 4.78 is 0. The number of aromatic nitrogens is 1. The van der Waals surface area contributed by atoms with Crippen LogP contribution in [0.1, 0.15) is 18.1 Å². The molecule has 2 rings (SSSR count). The molecule has 0 aliphatic rings. The van der Waals surface area contributed by atoms with Gasteiger partial charge in [-0.1, -0.05) is 30.3 Å². The lowest BCUT2D eigenvalue weighted by atomic mass is 10.2. The van der Waals surface area contributed by atoms with Crippen LogP contribution in [0.25, 0.3) is 6.08 Å². The second-order valence-corrected chi connectivity index (χ2v) is 4.69. The molecular formula is C17H17N3O2. The van der Waals surface area contributed by atoms with Gasteiger partial charge in [0.25, 0.3) is 5.91 Å². The maximum absolute atomic E-state index is 12.2. The van der Waals surface area contributed by atoms with Crippen LogP contribution in [-0.4, -0.2) is 16.8 Å². The predicted molar refractivity (Wildman–Crippen MR) is 84.3 cm³/mol. The lowest BCUT2D eigenvalue weighted by Crippen LogP contribution is -2.33. The molecule has 0 aliphatic carbocycles. The van der Waals surface area contributed by atoms with E-state index in [0.29, 0.717) is 6.54 Å². The van der Waals surface area contributed by atoms with E-state index in [9.17, 15) is 9.59 Å². The Kier molecular flexibility index (Phi) is 5.43. The molecule has 0 unspecified atom stereocenters. The van der Waals surface area contributed by atoms with E-state index in [1.165, 1.54) is 6.92 Å². The van der Waals surface area contributed by atoms with E-state index in [-0.39, 0.29) is 17.5 Å². The van der Waals surface area contributed by atoms with E-state index in [0.717, 1.165) is 11.1 Å². The maximum atomic E-state index is 12.2. The summed E-state index contributed by atoms with van der Waals surface area (Å²) in [6.45, 7) is 1.74. The Labute approximate surface area is 129 Å². The van der Waals surface area contributed by atoms with Crippen LogP contribution in [0.3, 0.4) is 0 Å². The Balaban J connectivity index is 2.09. The molecule has 5 heteroatoms. The second kappa shape index (κ2) is 7.73. The summed E-state index contributed by atoms with van der Waals surface area (Å²) in [7, 11) is 0. The predicted octanol–water partition coefficient (Wildman–Crippen LogP) is 1.88. The molecule has 0 spiro atoms.